The zero-order valence-corrected chi connectivity index (χ0v) is 10.4. The summed E-state index contributed by atoms with van der Waals surface area (Å²) in [5.41, 5.74) is 2.50. The average molecular weight is 221 g/mol. The highest BCUT2D eigenvalue weighted by molar-refractivity contribution is 5.18. The third-order valence-electron chi connectivity index (χ3n) is 3.68. The number of H-pyrrole nitrogens is 1. The van der Waals surface area contributed by atoms with Gasteiger partial charge >= 0.3 is 0 Å². The summed E-state index contributed by atoms with van der Waals surface area (Å²) in [7, 11) is 0. The van der Waals surface area contributed by atoms with Crippen LogP contribution in [0.25, 0.3) is 0 Å². The first-order chi connectivity index (χ1) is 7.77. The molecule has 1 aliphatic carbocycles. The van der Waals surface area contributed by atoms with Crippen molar-refractivity contribution in [3.05, 3.63) is 17.5 Å². The van der Waals surface area contributed by atoms with Gasteiger partial charge in [-0.1, -0.05) is 25.7 Å². The molecule has 0 aliphatic heterocycles. The smallest absolute Gasteiger partial charge is 0.0537 e. The van der Waals surface area contributed by atoms with E-state index < -0.39 is 0 Å². The topological polar surface area (TPSA) is 40.7 Å². The SMILES string of the molecule is Cc1[nH]ncc1C(C)NC1CCCCCC1. The van der Waals surface area contributed by atoms with Crippen LogP contribution in [0.4, 0.5) is 0 Å². The molecule has 16 heavy (non-hydrogen) atoms. The molecule has 0 aromatic carbocycles. The van der Waals surface area contributed by atoms with Crippen molar-refractivity contribution < 1.29 is 0 Å². The van der Waals surface area contributed by atoms with Gasteiger partial charge in [-0.2, -0.15) is 5.10 Å². The molecule has 0 bridgehead atoms. The highest BCUT2D eigenvalue weighted by Crippen LogP contribution is 2.21. The van der Waals surface area contributed by atoms with Crippen LogP contribution >= 0.6 is 0 Å². The minimum Gasteiger partial charge on any atom is -0.307 e. The Kier molecular flexibility index (Phi) is 3.99. The summed E-state index contributed by atoms with van der Waals surface area (Å²) in [6.45, 7) is 4.33. The van der Waals surface area contributed by atoms with Crippen LogP contribution in [0.5, 0.6) is 0 Å². The molecular formula is C13H23N3. The molecule has 2 N–H and O–H groups in total. The molecule has 1 saturated carbocycles. The first kappa shape index (κ1) is 11.6. The van der Waals surface area contributed by atoms with Crippen LogP contribution in [0.15, 0.2) is 6.20 Å². The van der Waals surface area contributed by atoms with Crippen molar-refractivity contribution in [3.8, 4) is 0 Å². The van der Waals surface area contributed by atoms with Crippen LogP contribution in [0, 0.1) is 6.92 Å². The van der Waals surface area contributed by atoms with Crippen LogP contribution in [-0.4, -0.2) is 16.2 Å². The molecule has 1 atom stereocenters. The van der Waals surface area contributed by atoms with Crippen LogP contribution in [0.1, 0.15) is 62.7 Å². The van der Waals surface area contributed by atoms with E-state index in [0.717, 1.165) is 0 Å². The second-order valence-electron chi connectivity index (χ2n) is 5.03. The lowest BCUT2D eigenvalue weighted by molar-refractivity contribution is 0.413. The third kappa shape index (κ3) is 2.85. The molecule has 1 aliphatic rings. The summed E-state index contributed by atoms with van der Waals surface area (Å²) in [6.07, 6.45) is 10.2. The van der Waals surface area contributed by atoms with Crippen molar-refractivity contribution in [1.82, 2.24) is 15.5 Å². The maximum Gasteiger partial charge on any atom is 0.0537 e. The average Bonchev–Trinajstić information content (AvgIpc) is 2.53. The lowest BCUT2D eigenvalue weighted by Crippen LogP contribution is -2.31. The van der Waals surface area contributed by atoms with E-state index in [9.17, 15) is 0 Å². The molecule has 90 valence electrons. The van der Waals surface area contributed by atoms with Gasteiger partial charge in [0.1, 0.15) is 0 Å². The minimum absolute atomic E-state index is 0.418. The molecule has 2 rings (SSSR count). The Morgan fingerprint density at radius 2 is 2.00 bits per heavy atom. The number of nitrogens with one attached hydrogen (secondary N) is 2. The maximum absolute atomic E-state index is 4.09. The predicted molar refractivity (Wildman–Crippen MR) is 66.4 cm³/mol. The minimum atomic E-state index is 0.418. The van der Waals surface area contributed by atoms with Crippen molar-refractivity contribution >= 4 is 0 Å². The van der Waals surface area contributed by atoms with Gasteiger partial charge in [-0.05, 0) is 26.7 Å². The van der Waals surface area contributed by atoms with Gasteiger partial charge in [0.15, 0.2) is 0 Å². The third-order valence-corrected chi connectivity index (χ3v) is 3.68. The summed E-state index contributed by atoms with van der Waals surface area (Å²) in [5.74, 6) is 0. The first-order valence-electron chi connectivity index (χ1n) is 6.53. The number of nitrogens with zero attached hydrogens (tertiary/aromatic N) is 1. The van der Waals surface area contributed by atoms with Crippen molar-refractivity contribution in [2.24, 2.45) is 0 Å². The fraction of sp³-hybridized carbons (Fsp3) is 0.769. The summed E-state index contributed by atoms with van der Waals surface area (Å²) < 4.78 is 0. The lowest BCUT2D eigenvalue weighted by Gasteiger charge is -2.21. The summed E-state index contributed by atoms with van der Waals surface area (Å²) in [4.78, 5) is 0. The van der Waals surface area contributed by atoms with Gasteiger partial charge in [0.2, 0.25) is 0 Å². The number of hydrogen-bond donors (Lipinski definition) is 2. The largest absolute Gasteiger partial charge is 0.307 e. The standard InChI is InChI=1S/C13H23N3/c1-10(13-9-14-16-11(13)2)15-12-7-5-3-4-6-8-12/h9-10,12,15H,3-8H2,1-2H3,(H,14,16). The number of aromatic nitrogens is 2. The summed E-state index contributed by atoms with van der Waals surface area (Å²) >= 11 is 0. The van der Waals surface area contributed by atoms with Gasteiger partial charge in [-0.25, -0.2) is 0 Å². The molecule has 0 amide bonds. The fourth-order valence-corrected chi connectivity index (χ4v) is 2.69. The van der Waals surface area contributed by atoms with Crippen LogP contribution < -0.4 is 5.32 Å². The molecule has 3 nitrogen and oxygen atoms in total. The van der Waals surface area contributed by atoms with Crippen LogP contribution in [0.2, 0.25) is 0 Å². The highest BCUT2D eigenvalue weighted by Gasteiger charge is 2.17. The van der Waals surface area contributed by atoms with E-state index in [0.29, 0.717) is 12.1 Å². The second-order valence-corrected chi connectivity index (χ2v) is 5.03. The lowest BCUT2D eigenvalue weighted by atomic mass is 10.0. The van der Waals surface area contributed by atoms with E-state index in [1.54, 1.807) is 0 Å². The van der Waals surface area contributed by atoms with Gasteiger partial charge < -0.3 is 5.32 Å². The zero-order valence-electron chi connectivity index (χ0n) is 10.4. The molecule has 0 radical (unpaired) electrons. The van der Waals surface area contributed by atoms with Gasteiger partial charge in [-0.3, -0.25) is 5.10 Å². The molecule has 1 unspecified atom stereocenters. The zero-order chi connectivity index (χ0) is 11.4. The molecule has 1 fully saturated rings. The van der Waals surface area contributed by atoms with Gasteiger partial charge in [-0.15, -0.1) is 0 Å². The Bertz CT molecular complexity index is 311. The van der Waals surface area contributed by atoms with E-state index >= 15 is 0 Å². The Hall–Kier alpha value is -0.830. The van der Waals surface area contributed by atoms with E-state index in [2.05, 4.69) is 29.4 Å². The number of rotatable bonds is 3. The Morgan fingerprint density at radius 3 is 2.56 bits per heavy atom. The van der Waals surface area contributed by atoms with Crippen LogP contribution in [-0.2, 0) is 0 Å². The molecule has 0 saturated heterocycles. The molecule has 0 spiro atoms. The normalized spacial score (nSPS) is 20.6. The quantitative estimate of drug-likeness (QED) is 0.770. The van der Waals surface area contributed by atoms with Gasteiger partial charge in [0.05, 0.1) is 6.20 Å². The van der Waals surface area contributed by atoms with E-state index in [1.807, 2.05) is 6.20 Å². The second kappa shape index (κ2) is 5.48. The number of aryl methyl sites for hydroxylation is 1. The monoisotopic (exact) mass is 221 g/mol. The summed E-state index contributed by atoms with van der Waals surface area (Å²) in [6, 6.07) is 1.12. The number of aromatic amines is 1. The fourth-order valence-electron chi connectivity index (χ4n) is 2.69. The van der Waals surface area contributed by atoms with Crippen LogP contribution in [0.3, 0.4) is 0 Å². The summed E-state index contributed by atoms with van der Waals surface area (Å²) in [5, 5.41) is 10.8. The molecule has 1 aromatic rings. The molecule has 1 aromatic heterocycles. The van der Waals surface area contributed by atoms with E-state index in [1.165, 1.54) is 49.8 Å². The Labute approximate surface area is 98.0 Å². The molecular weight excluding hydrogens is 198 g/mol. The van der Waals surface area contributed by atoms with E-state index in [-0.39, 0.29) is 0 Å². The van der Waals surface area contributed by atoms with Crippen molar-refractivity contribution in [2.45, 2.75) is 64.5 Å². The molecule has 1 heterocycles. The first-order valence-corrected chi connectivity index (χ1v) is 6.53. The highest BCUT2D eigenvalue weighted by atomic mass is 15.1. The van der Waals surface area contributed by atoms with Crippen molar-refractivity contribution in [3.63, 3.8) is 0 Å². The molecule has 3 heteroatoms. The maximum atomic E-state index is 4.09. The Balaban J connectivity index is 1.91. The Morgan fingerprint density at radius 1 is 1.31 bits per heavy atom. The van der Waals surface area contributed by atoms with Gasteiger partial charge in [0.25, 0.3) is 0 Å². The van der Waals surface area contributed by atoms with Gasteiger partial charge in [0, 0.05) is 23.3 Å². The van der Waals surface area contributed by atoms with Crippen molar-refractivity contribution in [1.29, 1.82) is 0 Å². The van der Waals surface area contributed by atoms with E-state index in [4.69, 9.17) is 0 Å². The van der Waals surface area contributed by atoms with Crippen molar-refractivity contribution in [2.75, 3.05) is 0 Å². The number of hydrogen-bond acceptors (Lipinski definition) is 2. The predicted octanol–water partition coefficient (Wildman–Crippen LogP) is 3.09.